The second-order valence-electron chi connectivity index (χ2n) is 4.79. The number of hydrogen-bond acceptors (Lipinski definition) is 2. The van der Waals surface area contributed by atoms with Crippen molar-refractivity contribution in [1.29, 1.82) is 0 Å². The van der Waals surface area contributed by atoms with Crippen LogP contribution < -0.4 is 5.32 Å². The Balaban J connectivity index is 2.55. The van der Waals surface area contributed by atoms with Crippen LogP contribution in [-0.4, -0.2) is 30.4 Å². The first kappa shape index (κ1) is 16.0. The average Bonchev–Trinajstić information content (AvgIpc) is 2.34. The molecule has 1 N–H and O–H groups in total. The summed E-state index contributed by atoms with van der Waals surface area (Å²) in [6.07, 6.45) is 2.12. The van der Waals surface area contributed by atoms with Crippen LogP contribution in [-0.2, 0) is 4.79 Å². The van der Waals surface area contributed by atoms with Crippen molar-refractivity contribution < 1.29 is 4.79 Å². The van der Waals surface area contributed by atoms with E-state index in [1.807, 2.05) is 19.1 Å². The summed E-state index contributed by atoms with van der Waals surface area (Å²) >= 11 is 6.04. The van der Waals surface area contributed by atoms with Gasteiger partial charge in [-0.05, 0) is 50.6 Å². The van der Waals surface area contributed by atoms with Crippen molar-refractivity contribution >= 4 is 23.2 Å². The fraction of sp³-hybridized carbons (Fsp3) is 0.533. The molecule has 0 bridgehead atoms. The molecule has 0 unspecified atom stereocenters. The molecule has 106 valence electrons. The summed E-state index contributed by atoms with van der Waals surface area (Å²) < 4.78 is 0. The Hall–Kier alpha value is -1.06. The number of hydrogen-bond donors (Lipinski definition) is 1. The lowest BCUT2D eigenvalue weighted by Gasteiger charge is -2.20. The highest BCUT2D eigenvalue weighted by Crippen LogP contribution is 2.19. The SMILES string of the molecule is CCCN(CCC)CC(=O)Nc1ccc(C)c(Cl)c1. The van der Waals surface area contributed by atoms with E-state index in [9.17, 15) is 4.79 Å². The number of halogens is 1. The van der Waals surface area contributed by atoms with Crippen molar-refractivity contribution in [2.75, 3.05) is 25.0 Å². The van der Waals surface area contributed by atoms with E-state index in [0.717, 1.165) is 37.2 Å². The van der Waals surface area contributed by atoms with Crippen LogP contribution in [0, 0.1) is 6.92 Å². The van der Waals surface area contributed by atoms with Gasteiger partial charge in [0.25, 0.3) is 0 Å². The Bertz CT molecular complexity index is 415. The molecule has 0 atom stereocenters. The van der Waals surface area contributed by atoms with Crippen molar-refractivity contribution in [3.05, 3.63) is 28.8 Å². The summed E-state index contributed by atoms with van der Waals surface area (Å²) in [4.78, 5) is 14.1. The quantitative estimate of drug-likeness (QED) is 0.827. The molecule has 4 heteroatoms. The molecule has 0 saturated heterocycles. The highest BCUT2D eigenvalue weighted by Gasteiger charge is 2.09. The van der Waals surface area contributed by atoms with Gasteiger partial charge in [-0.3, -0.25) is 9.69 Å². The van der Waals surface area contributed by atoms with Gasteiger partial charge in [-0.2, -0.15) is 0 Å². The van der Waals surface area contributed by atoms with E-state index in [4.69, 9.17) is 11.6 Å². The molecular weight excluding hydrogens is 260 g/mol. The first-order valence-corrected chi connectivity index (χ1v) is 7.23. The van der Waals surface area contributed by atoms with Gasteiger partial charge in [0.05, 0.1) is 6.54 Å². The number of aryl methyl sites for hydroxylation is 1. The summed E-state index contributed by atoms with van der Waals surface area (Å²) in [7, 11) is 0. The first-order valence-electron chi connectivity index (χ1n) is 6.85. The molecule has 1 rings (SSSR count). The van der Waals surface area contributed by atoms with Crippen LogP contribution >= 0.6 is 11.6 Å². The maximum absolute atomic E-state index is 12.0. The molecule has 0 radical (unpaired) electrons. The minimum atomic E-state index is 0.0156. The van der Waals surface area contributed by atoms with E-state index in [0.29, 0.717) is 11.6 Å². The van der Waals surface area contributed by atoms with Crippen LogP contribution in [0.25, 0.3) is 0 Å². The van der Waals surface area contributed by atoms with E-state index < -0.39 is 0 Å². The van der Waals surface area contributed by atoms with Crippen molar-refractivity contribution in [3.8, 4) is 0 Å². The van der Waals surface area contributed by atoms with E-state index >= 15 is 0 Å². The fourth-order valence-electron chi connectivity index (χ4n) is 1.98. The van der Waals surface area contributed by atoms with E-state index in [2.05, 4.69) is 24.1 Å². The first-order chi connectivity index (χ1) is 9.06. The molecule has 0 fully saturated rings. The Kier molecular flexibility index (Phi) is 6.89. The maximum atomic E-state index is 12.0. The van der Waals surface area contributed by atoms with Crippen LogP contribution in [0.4, 0.5) is 5.69 Å². The number of nitrogens with one attached hydrogen (secondary N) is 1. The minimum absolute atomic E-state index is 0.0156. The Morgan fingerprint density at radius 1 is 1.26 bits per heavy atom. The molecule has 19 heavy (non-hydrogen) atoms. The zero-order valence-corrected chi connectivity index (χ0v) is 12.8. The Labute approximate surface area is 120 Å². The molecule has 0 aliphatic carbocycles. The van der Waals surface area contributed by atoms with E-state index in [1.54, 1.807) is 6.07 Å². The van der Waals surface area contributed by atoms with Crippen LogP contribution in [0.15, 0.2) is 18.2 Å². The van der Waals surface area contributed by atoms with Gasteiger partial charge in [-0.25, -0.2) is 0 Å². The van der Waals surface area contributed by atoms with Gasteiger partial charge in [0.2, 0.25) is 5.91 Å². The van der Waals surface area contributed by atoms with Gasteiger partial charge in [0, 0.05) is 10.7 Å². The summed E-state index contributed by atoms with van der Waals surface area (Å²) in [6, 6.07) is 5.58. The molecule has 0 spiro atoms. The number of rotatable bonds is 7. The molecule has 3 nitrogen and oxygen atoms in total. The molecule has 1 amide bonds. The molecule has 1 aromatic rings. The number of amides is 1. The monoisotopic (exact) mass is 282 g/mol. The predicted octanol–water partition coefficient (Wildman–Crippen LogP) is 3.71. The predicted molar refractivity (Wildman–Crippen MR) is 81.8 cm³/mol. The second-order valence-corrected chi connectivity index (χ2v) is 5.20. The topological polar surface area (TPSA) is 32.3 Å². The summed E-state index contributed by atoms with van der Waals surface area (Å²) in [5.74, 6) is 0.0156. The lowest BCUT2D eigenvalue weighted by atomic mass is 10.2. The Morgan fingerprint density at radius 3 is 2.42 bits per heavy atom. The van der Waals surface area contributed by atoms with Crippen molar-refractivity contribution in [2.45, 2.75) is 33.6 Å². The number of benzene rings is 1. The third-order valence-electron chi connectivity index (χ3n) is 2.90. The zero-order valence-electron chi connectivity index (χ0n) is 12.0. The van der Waals surface area contributed by atoms with Gasteiger partial charge in [-0.1, -0.05) is 31.5 Å². The molecule has 0 heterocycles. The maximum Gasteiger partial charge on any atom is 0.238 e. The lowest BCUT2D eigenvalue weighted by molar-refractivity contribution is -0.117. The fourth-order valence-corrected chi connectivity index (χ4v) is 2.16. The molecule has 0 aliphatic rings. The number of carbonyl (C=O) groups is 1. The lowest BCUT2D eigenvalue weighted by Crippen LogP contribution is -2.34. The van der Waals surface area contributed by atoms with Crippen LogP contribution in [0.3, 0.4) is 0 Å². The standard InChI is InChI=1S/C15H23ClN2O/c1-4-8-18(9-5-2)11-15(19)17-13-7-6-12(3)14(16)10-13/h6-7,10H,4-5,8-9,11H2,1-3H3,(H,17,19). The normalized spacial score (nSPS) is 10.8. The van der Waals surface area contributed by atoms with Crippen LogP contribution in [0.1, 0.15) is 32.3 Å². The molecule has 0 aliphatic heterocycles. The molecule has 0 saturated carbocycles. The van der Waals surface area contributed by atoms with Crippen molar-refractivity contribution in [2.24, 2.45) is 0 Å². The molecular formula is C15H23ClN2O. The van der Waals surface area contributed by atoms with E-state index in [1.165, 1.54) is 0 Å². The number of anilines is 1. The Morgan fingerprint density at radius 2 is 1.89 bits per heavy atom. The molecule has 1 aromatic carbocycles. The third-order valence-corrected chi connectivity index (χ3v) is 3.31. The second kappa shape index (κ2) is 8.18. The van der Waals surface area contributed by atoms with Crippen molar-refractivity contribution in [3.63, 3.8) is 0 Å². The van der Waals surface area contributed by atoms with Crippen LogP contribution in [0.5, 0.6) is 0 Å². The van der Waals surface area contributed by atoms with Gasteiger partial charge < -0.3 is 5.32 Å². The summed E-state index contributed by atoms with van der Waals surface area (Å²) in [5.41, 5.74) is 1.77. The number of carbonyl (C=O) groups excluding carboxylic acids is 1. The van der Waals surface area contributed by atoms with Gasteiger partial charge >= 0.3 is 0 Å². The highest BCUT2D eigenvalue weighted by atomic mass is 35.5. The average molecular weight is 283 g/mol. The smallest absolute Gasteiger partial charge is 0.238 e. The third kappa shape index (κ3) is 5.62. The largest absolute Gasteiger partial charge is 0.325 e. The molecule has 0 aromatic heterocycles. The van der Waals surface area contributed by atoms with E-state index in [-0.39, 0.29) is 5.91 Å². The van der Waals surface area contributed by atoms with Crippen molar-refractivity contribution in [1.82, 2.24) is 4.90 Å². The van der Waals surface area contributed by atoms with Gasteiger partial charge in [0.1, 0.15) is 0 Å². The number of nitrogens with zero attached hydrogens (tertiary/aromatic N) is 1. The summed E-state index contributed by atoms with van der Waals surface area (Å²) in [5, 5.41) is 3.57. The highest BCUT2D eigenvalue weighted by molar-refractivity contribution is 6.31. The minimum Gasteiger partial charge on any atom is -0.325 e. The van der Waals surface area contributed by atoms with Crippen LogP contribution in [0.2, 0.25) is 5.02 Å². The van der Waals surface area contributed by atoms with Gasteiger partial charge in [0.15, 0.2) is 0 Å². The van der Waals surface area contributed by atoms with Gasteiger partial charge in [-0.15, -0.1) is 0 Å². The summed E-state index contributed by atoms with van der Waals surface area (Å²) in [6.45, 7) is 8.54. The zero-order chi connectivity index (χ0) is 14.3.